The monoisotopic (exact) mass is 452 g/mol. The second-order valence-corrected chi connectivity index (χ2v) is 7.76. The van der Waals surface area contributed by atoms with Crippen LogP contribution in [0.1, 0.15) is 6.42 Å². The topological polar surface area (TPSA) is 86.1 Å². The van der Waals surface area contributed by atoms with Gasteiger partial charge in [-0.25, -0.2) is 4.98 Å². The normalized spacial score (nSPS) is 13.8. The van der Waals surface area contributed by atoms with Gasteiger partial charge in [-0.1, -0.05) is 12.1 Å². The van der Waals surface area contributed by atoms with Crippen LogP contribution in [0, 0.1) is 0 Å². The number of piperazine rings is 1. The number of methoxy groups -OCH3 is 3. The summed E-state index contributed by atoms with van der Waals surface area (Å²) in [5.41, 5.74) is 1.34. The SMILES string of the molecule is COc1cc2ncn(CCC(=O)N3CCN(c4ccccc4OC)CC3)c(=O)c2cc1OC. The fourth-order valence-corrected chi connectivity index (χ4v) is 4.11. The average Bonchev–Trinajstić information content (AvgIpc) is 2.87. The number of ether oxygens (including phenoxy) is 3. The van der Waals surface area contributed by atoms with E-state index in [1.165, 1.54) is 25.1 Å². The minimum absolute atomic E-state index is 0.0222. The molecule has 9 heteroatoms. The van der Waals surface area contributed by atoms with E-state index in [-0.39, 0.29) is 24.4 Å². The Morgan fingerprint density at radius 3 is 2.30 bits per heavy atom. The molecule has 2 aromatic carbocycles. The first-order chi connectivity index (χ1) is 16.0. The maximum atomic E-state index is 12.9. The first-order valence-electron chi connectivity index (χ1n) is 10.8. The number of carbonyl (C=O) groups is 1. The summed E-state index contributed by atoms with van der Waals surface area (Å²) in [6.07, 6.45) is 1.71. The first-order valence-corrected chi connectivity index (χ1v) is 10.8. The highest BCUT2D eigenvalue weighted by Crippen LogP contribution is 2.30. The molecular weight excluding hydrogens is 424 g/mol. The molecule has 0 aliphatic carbocycles. The molecule has 0 unspecified atom stereocenters. The molecule has 2 heterocycles. The molecule has 1 amide bonds. The number of hydrogen-bond acceptors (Lipinski definition) is 7. The molecule has 33 heavy (non-hydrogen) atoms. The van der Waals surface area contributed by atoms with Crippen molar-refractivity contribution in [1.82, 2.24) is 14.5 Å². The van der Waals surface area contributed by atoms with Gasteiger partial charge < -0.3 is 24.0 Å². The molecule has 1 aromatic heterocycles. The zero-order valence-corrected chi connectivity index (χ0v) is 19.1. The van der Waals surface area contributed by atoms with Crippen LogP contribution >= 0.6 is 0 Å². The maximum Gasteiger partial charge on any atom is 0.261 e. The van der Waals surface area contributed by atoms with Crippen LogP contribution in [0.3, 0.4) is 0 Å². The lowest BCUT2D eigenvalue weighted by atomic mass is 10.2. The summed E-state index contributed by atoms with van der Waals surface area (Å²) < 4.78 is 17.5. The Bertz CT molecular complexity index is 1200. The number of fused-ring (bicyclic) bond motifs is 1. The molecule has 1 fully saturated rings. The van der Waals surface area contributed by atoms with Crippen LogP contribution in [-0.4, -0.2) is 67.9 Å². The van der Waals surface area contributed by atoms with E-state index in [4.69, 9.17) is 14.2 Å². The van der Waals surface area contributed by atoms with E-state index >= 15 is 0 Å². The number of rotatable bonds is 7. The minimum atomic E-state index is -0.213. The first kappa shape index (κ1) is 22.4. The van der Waals surface area contributed by atoms with Gasteiger partial charge in [0, 0.05) is 45.2 Å². The predicted octanol–water partition coefficient (Wildman–Crippen LogP) is 2.16. The summed E-state index contributed by atoms with van der Waals surface area (Å²) in [5, 5.41) is 0.424. The van der Waals surface area contributed by atoms with Gasteiger partial charge in [0.2, 0.25) is 5.91 Å². The van der Waals surface area contributed by atoms with Gasteiger partial charge in [-0.05, 0) is 18.2 Å². The van der Waals surface area contributed by atoms with Crippen molar-refractivity contribution in [2.24, 2.45) is 0 Å². The molecule has 0 spiro atoms. The fraction of sp³-hybridized carbons (Fsp3) is 0.375. The number of carbonyl (C=O) groups excluding carboxylic acids is 1. The molecule has 0 saturated carbocycles. The van der Waals surface area contributed by atoms with Crippen molar-refractivity contribution < 1.29 is 19.0 Å². The van der Waals surface area contributed by atoms with Gasteiger partial charge in [-0.3, -0.25) is 14.2 Å². The molecule has 3 aromatic rings. The molecule has 0 radical (unpaired) electrons. The lowest BCUT2D eigenvalue weighted by Gasteiger charge is -2.36. The fourth-order valence-electron chi connectivity index (χ4n) is 4.11. The van der Waals surface area contributed by atoms with Crippen molar-refractivity contribution in [3.05, 3.63) is 53.1 Å². The summed E-state index contributed by atoms with van der Waals surface area (Å²) in [7, 11) is 4.71. The third-order valence-corrected chi connectivity index (χ3v) is 5.95. The van der Waals surface area contributed by atoms with Crippen LogP contribution < -0.4 is 24.7 Å². The van der Waals surface area contributed by atoms with Gasteiger partial charge in [0.1, 0.15) is 5.75 Å². The van der Waals surface area contributed by atoms with Crippen LogP contribution in [0.4, 0.5) is 5.69 Å². The van der Waals surface area contributed by atoms with Gasteiger partial charge in [0.05, 0.1) is 44.2 Å². The van der Waals surface area contributed by atoms with Crippen molar-refractivity contribution in [2.75, 3.05) is 52.4 Å². The lowest BCUT2D eigenvalue weighted by molar-refractivity contribution is -0.131. The molecule has 4 rings (SSSR count). The molecular formula is C24H28N4O5. The Hall–Kier alpha value is -3.75. The van der Waals surface area contributed by atoms with E-state index in [2.05, 4.69) is 9.88 Å². The summed E-state index contributed by atoms with van der Waals surface area (Å²) >= 11 is 0. The standard InChI is InChI=1S/C24H28N4O5/c1-31-20-7-5-4-6-19(20)26-10-12-27(13-11-26)23(29)8-9-28-16-25-18-15-22(33-3)21(32-2)14-17(18)24(28)30/h4-7,14-16H,8-13H2,1-3H3. The number of hydrogen-bond donors (Lipinski definition) is 0. The minimum Gasteiger partial charge on any atom is -0.495 e. The Labute approximate surface area is 192 Å². The van der Waals surface area contributed by atoms with Crippen LogP contribution in [0.5, 0.6) is 17.2 Å². The van der Waals surface area contributed by atoms with E-state index in [9.17, 15) is 9.59 Å². The highest BCUT2D eigenvalue weighted by molar-refractivity contribution is 5.82. The molecule has 9 nitrogen and oxygen atoms in total. The average molecular weight is 453 g/mol. The van der Waals surface area contributed by atoms with Crippen molar-refractivity contribution in [2.45, 2.75) is 13.0 Å². The summed E-state index contributed by atoms with van der Waals surface area (Å²) in [6.45, 7) is 2.97. The summed E-state index contributed by atoms with van der Waals surface area (Å²) in [6, 6.07) is 11.2. The zero-order chi connectivity index (χ0) is 23.4. The number of aromatic nitrogens is 2. The highest BCUT2D eigenvalue weighted by atomic mass is 16.5. The number of para-hydroxylation sites is 2. The van der Waals surface area contributed by atoms with Crippen LogP contribution in [0.15, 0.2) is 47.5 Å². The van der Waals surface area contributed by atoms with Gasteiger partial charge in [0.15, 0.2) is 11.5 Å². The summed E-state index contributed by atoms with van der Waals surface area (Å²) in [5.74, 6) is 1.83. The number of nitrogens with zero attached hydrogens (tertiary/aromatic N) is 4. The smallest absolute Gasteiger partial charge is 0.261 e. The Balaban J connectivity index is 1.40. The molecule has 1 saturated heterocycles. The number of benzene rings is 2. The molecule has 1 aliphatic rings. The van der Waals surface area contributed by atoms with Gasteiger partial charge in [-0.2, -0.15) is 0 Å². The van der Waals surface area contributed by atoms with Crippen molar-refractivity contribution in [3.8, 4) is 17.2 Å². The Kier molecular flexibility index (Phi) is 6.67. The van der Waals surface area contributed by atoms with E-state index in [1.54, 1.807) is 19.2 Å². The van der Waals surface area contributed by atoms with E-state index in [0.29, 0.717) is 35.5 Å². The van der Waals surface area contributed by atoms with Crippen molar-refractivity contribution in [1.29, 1.82) is 0 Å². The van der Waals surface area contributed by atoms with Gasteiger partial charge >= 0.3 is 0 Å². The lowest BCUT2D eigenvalue weighted by Crippen LogP contribution is -2.49. The quantitative estimate of drug-likeness (QED) is 0.543. The van der Waals surface area contributed by atoms with Gasteiger partial charge in [0.25, 0.3) is 5.56 Å². The van der Waals surface area contributed by atoms with E-state index < -0.39 is 0 Å². The third kappa shape index (κ3) is 4.57. The highest BCUT2D eigenvalue weighted by Gasteiger charge is 2.23. The number of aryl methyl sites for hydroxylation is 1. The third-order valence-electron chi connectivity index (χ3n) is 5.95. The second-order valence-electron chi connectivity index (χ2n) is 7.76. The Morgan fingerprint density at radius 1 is 0.939 bits per heavy atom. The molecule has 174 valence electrons. The van der Waals surface area contributed by atoms with Crippen LogP contribution in [-0.2, 0) is 11.3 Å². The van der Waals surface area contributed by atoms with E-state index in [0.717, 1.165) is 24.5 Å². The van der Waals surface area contributed by atoms with Crippen molar-refractivity contribution in [3.63, 3.8) is 0 Å². The largest absolute Gasteiger partial charge is 0.495 e. The van der Waals surface area contributed by atoms with Crippen molar-refractivity contribution >= 4 is 22.5 Å². The second kappa shape index (κ2) is 9.81. The van der Waals surface area contributed by atoms with Crippen LogP contribution in [0.2, 0.25) is 0 Å². The Morgan fingerprint density at radius 2 is 1.61 bits per heavy atom. The molecule has 0 bridgehead atoms. The maximum absolute atomic E-state index is 12.9. The predicted molar refractivity (Wildman–Crippen MR) is 126 cm³/mol. The summed E-state index contributed by atoms with van der Waals surface area (Å²) in [4.78, 5) is 34.2. The molecule has 0 N–H and O–H groups in total. The van der Waals surface area contributed by atoms with E-state index in [1.807, 2.05) is 29.2 Å². The molecule has 0 atom stereocenters. The molecule has 1 aliphatic heterocycles. The number of amides is 1. The van der Waals surface area contributed by atoms with Gasteiger partial charge in [-0.15, -0.1) is 0 Å². The zero-order valence-electron chi connectivity index (χ0n) is 19.1. The van der Waals surface area contributed by atoms with Crippen LogP contribution in [0.25, 0.3) is 10.9 Å². The number of anilines is 1.